The molecule has 0 saturated carbocycles. The number of benzene rings is 1. The van der Waals surface area contributed by atoms with Gasteiger partial charge in [-0.3, -0.25) is 4.79 Å². The summed E-state index contributed by atoms with van der Waals surface area (Å²) in [7, 11) is -2.43. The zero-order valence-electron chi connectivity index (χ0n) is 13.5. The highest BCUT2D eigenvalue weighted by Crippen LogP contribution is 2.31. The van der Waals surface area contributed by atoms with E-state index >= 15 is 0 Å². The first-order valence-corrected chi connectivity index (χ1v) is 10.1. The molecule has 1 atom stereocenters. The van der Waals surface area contributed by atoms with Gasteiger partial charge in [-0.2, -0.15) is 13.2 Å². The molecule has 1 unspecified atom stereocenters. The first kappa shape index (κ1) is 20.1. The van der Waals surface area contributed by atoms with Gasteiger partial charge in [-0.1, -0.05) is 18.2 Å². The minimum absolute atomic E-state index is 0.0321. The molecule has 5 nitrogen and oxygen atoms in total. The monoisotopic (exact) mass is 397 g/mol. The third-order valence-electron chi connectivity index (χ3n) is 3.77. The molecule has 1 aliphatic rings. The van der Waals surface area contributed by atoms with Gasteiger partial charge in [0.15, 0.2) is 0 Å². The molecule has 0 bridgehead atoms. The molecule has 0 amide bonds. The van der Waals surface area contributed by atoms with Crippen LogP contribution in [0.5, 0.6) is 0 Å². The van der Waals surface area contributed by atoms with Gasteiger partial charge in [0, 0.05) is 18.3 Å². The Morgan fingerprint density at radius 3 is 2.76 bits per heavy atom. The van der Waals surface area contributed by atoms with Gasteiger partial charge in [0.05, 0.1) is 24.2 Å². The summed E-state index contributed by atoms with van der Waals surface area (Å²) in [4.78, 5) is 11.1. The molecule has 2 rings (SSSR count). The van der Waals surface area contributed by atoms with E-state index in [0.717, 1.165) is 12.1 Å². The second-order valence-electron chi connectivity index (χ2n) is 5.61. The molecular weight excluding hydrogens is 379 g/mol. The van der Waals surface area contributed by atoms with Crippen LogP contribution >= 0.6 is 11.8 Å². The molecule has 0 aromatic heterocycles. The molecule has 1 aromatic carbocycles. The van der Waals surface area contributed by atoms with Crippen LogP contribution in [-0.2, 0) is 31.5 Å². The topological polar surface area (TPSA) is 63.7 Å². The second kappa shape index (κ2) is 7.96. The fourth-order valence-electron chi connectivity index (χ4n) is 2.47. The Kier molecular flexibility index (Phi) is 6.39. The summed E-state index contributed by atoms with van der Waals surface area (Å²) in [5, 5.41) is -0.0321. The predicted octanol–water partition coefficient (Wildman–Crippen LogP) is 2.52. The molecule has 0 radical (unpaired) electrons. The van der Waals surface area contributed by atoms with Crippen molar-refractivity contribution in [2.24, 2.45) is 0 Å². The zero-order chi connectivity index (χ0) is 18.7. The average molecular weight is 397 g/mol. The maximum absolute atomic E-state index is 12.7. The van der Waals surface area contributed by atoms with Gasteiger partial charge in [0.1, 0.15) is 0 Å². The van der Waals surface area contributed by atoms with Gasteiger partial charge in [-0.15, -0.1) is 11.8 Å². The number of hydrogen-bond acceptors (Lipinski definition) is 5. The van der Waals surface area contributed by atoms with E-state index in [9.17, 15) is 26.4 Å². The summed E-state index contributed by atoms with van der Waals surface area (Å²) in [6, 6.07) is 4.33. The number of ether oxygens (including phenoxy) is 1. The number of carbonyl (C=O) groups excluding carboxylic acids is 1. The van der Waals surface area contributed by atoms with E-state index in [1.54, 1.807) is 0 Å². The van der Waals surface area contributed by atoms with Crippen LogP contribution < -0.4 is 0 Å². The summed E-state index contributed by atoms with van der Waals surface area (Å²) < 4.78 is 68.9. The number of methoxy groups -OCH3 is 1. The van der Waals surface area contributed by atoms with Crippen LogP contribution in [0.3, 0.4) is 0 Å². The number of nitrogens with zero attached hydrogens (tertiary/aromatic N) is 1. The number of alkyl halides is 3. The van der Waals surface area contributed by atoms with Crippen molar-refractivity contribution >= 4 is 27.8 Å². The highest BCUT2D eigenvalue weighted by Gasteiger charge is 2.33. The van der Waals surface area contributed by atoms with Crippen molar-refractivity contribution in [3.05, 3.63) is 35.4 Å². The molecule has 1 fully saturated rings. The molecule has 10 heteroatoms. The average Bonchev–Trinajstić information content (AvgIpc) is 3.01. The van der Waals surface area contributed by atoms with E-state index < -0.39 is 27.5 Å². The highest BCUT2D eigenvalue weighted by molar-refractivity contribution is 8.00. The second-order valence-corrected chi connectivity index (χ2v) is 8.87. The Morgan fingerprint density at radius 1 is 1.40 bits per heavy atom. The molecule has 0 spiro atoms. The van der Waals surface area contributed by atoms with Crippen molar-refractivity contribution in [3.8, 4) is 0 Å². The Bertz CT molecular complexity index is 722. The standard InChI is InChI=1S/C15H18F3NO4S2/c1-23-14(20)9-24-13-5-6-19(8-13)25(21,22)10-11-3-2-4-12(7-11)15(16,17)18/h2-4,7,13H,5-6,8-10H2,1H3. The lowest BCUT2D eigenvalue weighted by atomic mass is 10.1. The maximum Gasteiger partial charge on any atom is 0.416 e. The first-order valence-electron chi connectivity index (χ1n) is 7.44. The van der Waals surface area contributed by atoms with E-state index in [1.165, 1.54) is 35.3 Å². The summed E-state index contributed by atoms with van der Waals surface area (Å²) in [5.41, 5.74) is -0.770. The van der Waals surface area contributed by atoms with Gasteiger partial charge < -0.3 is 4.74 Å². The molecule has 0 aliphatic carbocycles. The van der Waals surface area contributed by atoms with Crippen molar-refractivity contribution in [1.82, 2.24) is 4.31 Å². The van der Waals surface area contributed by atoms with Crippen molar-refractivity contribution in [2.75, 3.05) is 26.0 Å². The molecule has 140 valence electrons. The number of sulfonamides is 1. The van der Waals surface area contributed by atoms with Crippen LogP contribution in [-0.4, -0.2) is 49.9 Å². The number of carbonyl (C=O) groups is 1. The van der Waals surface area contributed by atoms with E-state index in [2.05, 4.69) is 4.74 Å². The molecule has 1 heterocycles. The smallest absolute Gasteiger partial charge is 0.416 e. The fraction of sp³-hybridized carbons (Fsp3) is 0.533. The van der Waals surface area contributed by atoms with Crippen molar-refractivity contribution in [3.63, 3.8) is 0 Å². The normalized spacial score (nSPS) is 19.1. The fourth-order valence-corrected chi connectivity index (χ4v) is 5.19. The largest absolute Gasteiger partial charge is 0.468 e. The molecule has 1 saturated heterocycles. The van der Waals surface area contributed by atoms with Crippen molar-refractivity contribution in [1.29, 1.82) is 0 Å². The minimum Gasteiger partial charge on any atom is -0.468 e. The predicted molar refractivity (Wildman–Crippen MR) is 88.5 cm³/mol. The van der Waals surface area contributed by atoms with Crippen LogP contribution in [0.15, 0.2) is 24.3 Å². The molecule has 1 aliphatic heterocycles. The number of rotatable bonds is 6. The third-order valence-corrected chi connectivity index (χ3v) is 6.84. The molecule has 0 N–H and O–H groups in total. The summed E-state index contributed by atoms with van der Waals surface area (Å²) in [6.07, 6.45) is -3.92. The first-order chi connectivity index (χ1) is 11.6. The molecule has 25 heavy (non-hydrogen) atoms. The van der Waals surface area contributed by atoms with Crippen molar-refractivity contribution < 1.29 is 31.1 Å². The molecular formula is C15H18F3NO4S2. The van der Waals surface area contributed by atoms with Crippen LogP contribution in [0.4, 0.5) is 13.2 Å². The number of halogens is 3. The maximum atomic E-state index is 12.7. The van der Waals surface area contributed by atoms with Crippen LogP contribution in [0.1, 0.15) is 17.5 Å². The van der Waals surface area contributed by atoms with Gasteiger partial charge in [0.25, 0.3) is 0 Å². The SMILES string of the molecule is COC(=O)CSC1CCN(S(=O)(=O)Cc2cccc(C(F)(F)F)c2)C1. The summed E-state index contributed by atoms with van der Waals surface area (Å²) in [6.45, 7) is 0.531. The van der Waals surface area contributed by atoms with Crippen LogP contribution in [0.25, 0.3) is 0 Å². The molecule has 1 aromatic rings. The summed E-state index contributed by atoms with van der Waals surface area (Å²) >= 11 is 1.32. The van der Waals surface area contributed by atoms with E-state index in [-0.39, 0.29) is 29.1 Å². The Hall–Kier alpha value is -1.26. The number of esters is 1. The van der Waals surface area contributed by atoms with Crippen molar-refractivity contribution in [2.45, 2.75) is 23.6 Å². The highest BCUT2D eigenvalue weighted by atomic mass is 32.2. The van der Waals surface area contributed by atoms with Crippen LogP contribution in [0.2, 0.25) is 0 Å². The van der Waals surface area contributed by atoms with E-state index in [4.69, 9.17) is 0 Å². The van der Waals surface area contributed by atoms with Gasteiger partial charge in [0.2, 0.25) is 10.0 Å². The Balaban J connectivity index is 1.99. The lowest BCUT2D eigenvalue weighted by Gasteiger charge is -2.17. The van der Waals surface area contributed by atoms with Gasteiger partial charge in [-0.25, -0.2) is 12.7 Å². The van der Waals surface area contributed by atoms with Gasteiger partial charge in [-0.05, 0) is 18.1 Å². The third kappa shape index (κ3) is 5.61. The quantitative estimate of drug-likeness (QED) is 0.691. The number of hydrogen-bond donors (Lipinski definition) is 0. The van der Waals surface area contributed by atoms with E-state index in [1.807, 2.05) is 0 Å². The van der Waals surface area contributed by atoms with E-state index in [0.29, 0.717) is 13.0 Å². The van der Waals surface area contributed by atoms with Gasteiger partial charge >= 0.3 is 12.1 Å². The zero-order valence-corrected chi connectivity index (χ0v) is 15.1. The van der Waals surface area contributed by atoms with Crippen LogP contribution in [0, 0.1) is 0 Å². The number of thioether (sulfide) groups is 1. The minimum atomic E-state index is -4.51. The Morgan fingerprint density at radius 2 is 2.12 bits per heavy atom. The summed E-state index contributed by atoms with van der Waals surface area (Å²) in [5.74, 6) is -0.719. The Labute approximate surface area is 148 Å². The lowest BCUT2D eigenvalue weighted by Crippen LogP contribution is -2.30. The lowest BCUT2D eigenvalue weighted by molar-refractivity contribution is -0.138.